The highest BCUT2D eigenvalue weighted by molar-refractivity contribution is 5.88. The third-order valence-electron chi connectivity index (χ3n) is 1.78. The van der Waals surface area contributed by atoms with Crippen molar-refractivity contribution in [2.24, 2.45) is 0 Å². The minimum atomic E-state index is -1.14. The Bertz CT molecular complexity index is 395. The lowest BCUT2D eigenvalue weighted by Gasteiger charge is -2.18. The lowest BCUT2D eigenvalue weighted by molar-refractivity contribution is 0.0273. The standard InChI is InChI=1S/C11H15NO4/c1-7-4-5-8(9(12-7)10(13)14)16-6-11(2,3)15/h4-5,15H,6H2,1-3H3,(H,13,14). The van der Waals surface area contributed by atoms with E-state index in [4.69, 9.17) is 9.84 Å². The lowest BCUT2D eigenvalue weighted by atomic mass is 10.2. The molecule has 0 aromatic carbocycles. The van der Waals surface area contributed by atoms with Crippen LogP contribution in [-0.2, 0) is 0 Å². The van der Waals surface area contributed by atoms with Gasteiger partial charge < -0.3 is 14.9 Å². The molecule has 0 aliphatic carbocycles. The predicted octanol–water partition coefficient (Wildman–Crippen LogP) is 1.24. The molecule has 0 unspecified atom stereocenters. The van der Waals surface area contributed by atoms with Crippen molar-refractivity contribution in [3.05, 3.63) is 23.5 Å². The Labute approximate surface area is 93.7 Å². The van der Waals surface area contributed by atoms with E-state index in [1.807, 2.05) is 0 Å². The smallest absolute Gasteiger partial charge is 0.358 e. The van der Waals surface area contributed by atoms with Gasteiger partial charge in [-0.2, -0.15) is 0 Å². The predicted molar refractivity (Wildman–Crippen MR) is 57.7 cm³/mol. The van der Waals surface area contributed by atoms with Crippen LogP contribution < -0.4 is 4.74 Å². The molecule has 88 valence electrons. The molecule has 0 spiro atoms. The van der Waals surface area contributed by atoms with E-state index in [1.165, 1.54) is 6.07 Å². The molecule has 0 saturated heterocycles. The first-order valence-electron chi connectivity index (χ1n) is 4.86. The van der Waals surface area contributed by atoms with Gasteiger partial charge in [0.25, 0.3) is 0 Å². The van der Waals surface area contributed by atoms with Gasteiger partial charge in [-0.25, -0.2) is 9.78 Å². The van der Waals surface area contributed by atoms with Crippen molar-refractivity contribution in [3.8, 4) is 5.75 Å². The van der Waals surface area contributed by atoms with Crippen molar-refractivity contribution < 1.29 is 19.7 Å². The van der Waals surface area contributed by atoms with E-state index in [-0.39, 0.29) is 18.1 Å². The molecule has 5 heteroatoms. The Morgan fingerprint density at radius 3 is 2.62 bits per heavy atom. The molecular weight excluding hydrogens is 210 g/mol. The van der Waals surface area contributed by atoms with Gasteiger partial charge in [0, 0.05) is 5.69 Å². The SMILES string of the molecule is Cc1ccc(OCC(C)(C)O)c(C(=O)O)n1. The average molecular weight is 225 g/mol. The molecule has 16 heavy (non-hydrogen) atoms. The van der Waals surface area contributed by atoms with Crippen molar-refractivity contribution in [2.75, 3.05) is 6.61 Å². The number of carboxylic acid groups (broad SMARTS) is 1. The molecule has 1 aromatic rings. The van der Waals surface area contributed by atoms with Crippen LogP contribution in [0.4, 0.5) is 0 Å². The fraction of sp³-hybridized carbons (Fsp3) is 0.455. The summed E-state index contributed by atoms with van der Waals surface area (Å²) < 4.78 is 5.22. The highest BCUT2D eigenvalue weighted by atomic mass is 16.5. The van der Waals surface area contributed by atoms with Crippen molar-refractivity contribution in [3.63, 3.8) is 0 Å². The van der Waals surface area contributed by atoms with Gasteiger partial charge in [-0.05, 0) is 32.9 Å². The van der Waals surface area contributed by atoms with Gasteiger partial charge in [-0.1, -0.05) is 0 Å². The second-order valence-electron chi connectivity index (χ2n) is 4.21. The summed E-state index contributed by atoms with van der Waals surface area (Å²) in [5.74, 6) is -0.977. The fourth-order valence-electron chi connectivity index (χ4n) is 1.07. The van der Waals surface area contributed by atoms with Crippen LogP contribution in [0.5, 0.6) is 5.75 Å². The number of hydrogen-bond acceptors (Lipinski definition) is 4. The number of rotatable bonds is 4. The lowest BCUT2D eigenvalue weighted by Crippen LogP contribution is -2.28. The van der Waals surface area contributed by atoms with Crippen molar-refractivity contribution in [1.29, 1.82) is 0 Å². The van der Waals surface area contributed by atoms with E-state index in [0.29, 0.717) is 5.69 Å². The molecule has 0 saturated carbocycles. The summed E-state index contributed by atoms with van der Waals surface area (Å²) in [5.41, 5.74) is -0.544. The van der Waals surface area contributed by atoms with Gasteiger partial charge in [0.05, 0.1) is 5.60 Å². The number of aliphatic hydroxyl groups is 1. The zero-order valence-electron chi connectivity index (χ0n) is 9.52. The minimum Gasteiger partial charge on any atom is -0.488 e. The normalized spacial score (nSPS) is 11.2. The van der Waals surface area contributed by atoms with Gasteiger partial charge >= 0.3 is 5.97 Å². The van der Waals surface area contributed by atoms with Crippen LogP contribution in [0.25, 0.3) is 0 Å². The number of ether oxygens (including phenoxy) is 1. The molecular formula is C11H15NO4. The van der Waals surface area contributed by atoms with E-state index in [0.717, 1.165) is 0 Å². The van der Waals surface area contributed by atoms with Crippen LogP contribution >= 0.6 is 0 Å². The molecule has 5 nitrogen and oxygen atoms in total. The highest BCUT2D eigenvalue weighted by Gasteiger charge is 2.18. The van der Waals surface area contributed by atoms with E-state index < -0.39 is 11.6 Å². The molecule has 0 atom stereocenters. The second-order valence-corrected chi connectivity index (χ2v) is 4.21. The first kappa shape index (κ1) is 12.4. The molecule has 1 heterocycles. The van der Waals surface area contributed by atoms with E-state index in [2.05, 4.69) is 4.98 Å². The van der Waals surface area contributed by atoms with Crippen LogP contribution in [0.3, 0.4) is 0 Å². The molecule has 1 rings (SSSR count). The molecule has 1 aromatic heterocycles. The molecule has 2 N–H and O–H groups in total. The quantitative estimate of drug-likeness (QED) is 0.805. The summed E-state index contributed by atoms with van der Waals surface area (Å²) in [6, 6.07) is 3.20. The van der Waals surface area contributed by atoms with Gasteiger partial charge in [0.2, 0.25) is 0 Å². The monoisotopic (exact) mass is 225 g/mol. The Balaban J connectivity index is 2.91. The average Bonchev–Trinajstić information content (AvgIpc) is 2.14. The summed E-state index contributed by atoms with van der Waals surface area (Å²) in [7, 11) is 0. The van der Waals surface area contributed by atoms with Crippen LogP contribution in [0.1, 0.15) is 30.0 Å². The van der Waals surface area contributed by atoms with Gasteiger partial charge in [-0.15, -0.1) is 0 Å². The number of aromatic nitrogens is 1. The van der Waals surface area contributed by atoms with Crippen molar-refractivity contribution in [2.45, 2.75) is 26.4 Å². The maximum absolute atomic E-state index is 10.9. The Morgan fingerprint density at radius 1 is 1.50 bits per heavy atom. The Hall–Kier alpha value is -1.62. The summed E-state index contributed by atoms with van der Waals surface area (Å²) in [6.07, 6.45) is 0. The number of nitrogens with zero attached hydrogens (tertiary/aromatic N) is 1. The van der Waals surface area contributed by atoms with Crippen molar-refractivity contribution in [1.82, 2.24) is 4.98 Å². The largest absolute Gasteiger partial charge is 0.488 e. The first-order chi connectivity index (χ1) is 7.29. The number of aryl methyl sites for hydroxylation is 1. The Kier molecular flexibility index (Phi) is 3.49. The highest BCUT2D eigenvalue weighted by Crippen LogP contribution is 2.18. The molecule has 0 radical (unpaired) electrons. The number of carboxylic acids is 1. The Morgan fingerprint density at radius 2 is 2.12 bits per heavy atom. The van der Waals surface area contributed by atoms with Crippen LogP contribution in [0, 0.1) is 6.92 Å². The third kappa shape index (κ3) is 3.51. The van der Waals surface area contributed by atoms with Crippen molar-refractivity contribution >= 4 is 5.97 Å². The zero-order chi connectivity index (χ0) is 12.3. The van der Waals surface area contributed by atoms with E-state index in [9.17, 15) is 9.90 Å². The topological polar surface area (TPSA) is 79.7 Å². The summed E-state index contributed by atoms with van der Waals surface area (Å²) >= 11 is 0. The first-order valence-corrected chi connectivity index (χ1v) is 4.86. The second kappa shape index (κ2) is 4.49. The maximum Gasteiger partial charge on any atom is 0.358 e. The van der Waals surface area contributed by atoms with Gasteiger partial charge in [0.15, 0.2) is 11.4 Å². The molecule has 0 aliphatic rings. The van der Waals surface area contributed by atoms with Gasteiger partial charge in [-0.3, -0.25) is 0 Å². The molecule has 0 fully saturated rings. The summed E-state index contributed by atoms with van der Waals surface area (Å²) in [6.45, 7) is 4.87. The molecule has 0 aliphatic heterocycles. The van der Waals surface area contributed by atoms with E-state index >= 15 is 0 Å². The van der Waals surface area contributed by atoms with Crippen LogP contribution in [0.2, 0.25) is 0 Å². The van der Waals surface area contributed by atoms with Crippen LogP contribution in [0.15, 0.2) is 12.1 Å². The van der Waals surface area contributed by atoms with Crippen LogP contribution in [-0.4, -0.2) is 33.4 Å². The van der Waals surface area contributed by atoms with Gasteiger partial charge in [0.1, 0.15) is 6.61 Å². The van der Waals surface area contributed by atoms with E-state index in [1.54, 1.807) is 26.8 Å². The zero-order valence-corrected chi connectivity index (χ0v) is 9.52. The number of hydrogen-bond donors (Lipinski definition) is 2. The number of pyridine rings is 1. The fourth-order valence-corrected chi connectivity index (χ4v) is 1.07. The molecule has 0 bridgehead atoms. The maximum atomic E-state index is 10.9. The summed E-state index contributed by atoms with van der Waals surface area (Å²) in [5, 5.41) is 18.4. The summed E-state index contributed by atoms with van der Waals surface area (Å²) in [4.78, 5) is 14.8. The minimum absolute atomic E-state index is 0.0119. The number of aromatic carboxylic acids is 1. The number of carbonyl (C=O) groups is 1. The molecule has 0 amide bonds. The third-order valence-corrected chi connectivity index (χ3v) is 1.78.